The Kier molecular flexibility index (Phi) is 4.04. The predicted octanol–water partition coefficient (Wildman–Crippen LogP) is 3.43. The number of benzene rings is 1. The number of anilines is 1. The first-order valence-corrected chi connectivity index (χ1v) is 6.80. The number of thiazole rings is 1. The number of phenols is 2. The molecule has 18 heavy (non-hydrogen) atoms. The van der Waals surface area contributed by atoms with Crippen LogP contribution in [-0.2, 0) is 0 Å². The van der Waals surface area contributed by atoms with Crippen LogP contribution in [0.1, 0.15) is 19.8 Å². The molecule has 0 bridgehead atoms. The molecule has 1 aromatic heterocycles. The molecule has 0 saturated heterocycles. The lowest BCUT2D eigenvalue weighted by atomic mass is 10.1. The van der Waals surface area contributed by atoms with Crippen LogP contribution in [0, 0.1) is 0 Å². The van der Waals surface area contributed by atoms with E-state index < -0.39 is 0 Å². The van der Waals surface area contributed by atoms with E-state index in [0.717, 1.165) is 30.2 Å². The van der Waals surface area contributed by atoms with Gasteiger partial charge in [0.05, 0.1) is 5.69 Å². The van der Waals surface area contributed by atoms with Gasteiger partial charge in [0, 0.05) is 23.6 Å². The summed E-state index contributed by atoms with van der Waals surface area (Å²) in [6, 6.07) is 4.52. The first-order valence-electron chi connectivity index (χ1n) is 5.92. The van der Waals surface area contributed by atoms with Crippen LogP contribution < -0.4 is 5.32 Å². The van der Waals surface area contributed by atoms with Crippen LogP contribution >= 0.6 is 11.3 Å². The van der Waals surface area contributed by atoms with Gasteiger partial charge in [0.15, 0.2) is 5.13 Å². The number of phenolic OH excluding ortho intramolecular Hbond substituents is 2. The van der Waals surface area contributed by atoms with Crippen LogP contribution in [0.5, 0.6) is 11.5 Å². The van der Waals surface area contributed by atoms with E-state index in [0.29, 0.717) is 5.56 Å². The van der Waals surface area contributed by atoms with Gasteiger partial charge in [-0.3, -0.25) is 0 Å². The largest absolute Gasteiger partial charge is 0.508 e. The van der Waals surface area contributed by atoms with E-state index in [1.165, 1.54) is 17.4 Å². The molecule has 2 rings (SSSR count). The number of unbranched alkanes of at least 4 members (excludes halogenated alkanes) is 1. The highest BCUT2D eigenvalue weighted by Gasteiger charge is 2.09. The number of hydrogen-bond donors (Lipinski definition) is 3. The molecular formula is C13H16N2O2S. The number of aromatic hydroxyl groups is 2. The van der Waals surface area contributed by atoms with Crippen LogP contribution in [-0.4, -0.2) is 21.7 Å². The minimum atomic E-state index is 0.0420. The SMILES string of the molecule is CCCCNc1nc(-c2ccc(O)cc2O)cs1. The van der Waals surface area contributed by atoms with Crippen molar-refractivity contribution >= 4 is 16.5 Å². The van der Waals surface area contributed by atoms with E-state index in [1.807, 2.05) is 5.38 Å². The summed E-state index contributed by atoms with van der Waals surface area (Å²) in [6.45, 7) is 3.05. The maximum Gasteiger partial charge on any atom is 0.183 e. The fraction of sp³-hybridized carbons (Fsp3) is 0.308. The molecule has 0 amide bonds. The van der Waals surface area contributed by atoms with Crippen LogP contribution in [0.25, 0.3) is 11.3 Å². The quantitative estimate of drug-likeness (QED) is 0.724. The zero-order chi connectivity index (χ0) is 13.0. The van der Waals surface area contributed by atoms with E-state index in [-0.39, 0.29) is 11.5 Å². The van der Waals surface area contributed by atoms with Gasteiger partial charge in [0.25, 0.3) is 0 Å². The Morgan fingerprint density at radius 1 is 1.33 bits per heavy atom. The highest BCUT2D eigenvalue weighted by molar-refractivity contribution is 7.14. The number of aromatic nitrogens is 1. The standard InChI is InChI=1S/C13H16N2O2S/c1-2-3-6-14-13-15-11(8-18-13)10-5-4-9(16)7-12(10)17/h4-5,7-8,16-17H,2-3,6H2,1H3,(H,14,15). The Hall–Kier alpha value is -1.75. The van der Waals surface area contributed by atoms with Crippen molar-refractivity contribution in [2.24, 2.45) is 0 Å². The average Bonchev–Trinajstić information content (AvgIpc) is 2.78. The van der Waals surface area contributed by atoms with Crippen LogP contribution in [0.15, 0.2) is 23.6 Å². The van der Waals surface area contributed by atoms with Gasteiger partial charge in [-0.25, -0.2) is 4.98 Å². The van der Waals surface area contributed by atoms with Crippen molar-refractivity contribution in [3.8, 4) is 22.8 Å². The summed E-state index contributed by atoms with van der Waals surface area (Å²) < 4.78 is 0. The molecule has 3 N–H and O–H groups in total. The first kappa shape index (κ1) is 12.7. The highest BCUT2D eigenvalue weighted by Crippen LogP contribution is 2.33. The van der Waals surface area contributed by atoms with Gasteiger partial charge in [0.2, 0.25) is 0 Å². The average molecular weight is 264 g/mol. The predicted molar refractivity (Wildman–Crippen MR) is 74.3 cm³/mol. The molecule has 0 radical (unpaired) electrons. The molecule has 96 valence electrons. The molecule has 2 aromatic rings. The van der Waals surface area contributed by atoms with E-state index in [1.54, 1.807) is 12.1 Å². The van der Waals surface area contributed by atoms with Gasteiger partial charge >= 0.3 is 0 Å². The molecule has 4 nitrogen and oxygen atoms in total. The molecule has 5 heteroatoms. The summed E-state index contributed by atoms with van der Waals surface area (Å²) in [5, 5.41) is 25.0. The third-order valence-corrected chi connectivity index (χ3v) is 3.37. The molecule has 0 fully saturated rings. The van der Waals surface area contributed by atoms with E-state index in [4.69, 9.17) is 0 Å². The first-order chi connectivity index (χ1) is 8.70. The molecule has 1 aromatic carbocycles. The lowest BCUT2D eigenvalue weighted by Crippen LogP contribution is -1.99. The second kappa shape index (κ2) is 5.73. The number of nitrogens with zero attached hydrogens (tertiary/aromatic N) is 1. The summed E-state index contributed by atoms with van der Waals surface area (Å²) >= 11 is 1.51. The lowest BCUT2D eigenvalue weighted by Gasteiger charge is -2.02. The molecule has 0 saturated carbocycles. The van der Waals surface area contributed by atoms with Crippen molar-refractivity contribution in [3.05, 3.63) is 23.6 Å². The van der Waals surface area contributed by atoms with E-state index >= 15 is 0 Å². The van der Waals surface area contributed by atoms with Crippen molar-refractivity contribution in [2.75, 3.05) is 11.9 Å². The third-order valence-electron chi connectivity index (χ3n) is 2.57. The Balaban J connectivity index is 2.13. The molecule has 0 unspecified atom stereocenters. The Morgan fingerprint density at radius 3 is 2.89 bits per heavy atom. The van der Waals surface area contributed by atoms with Gasteiger partial charge in [-0.1, -0.05) is 13.3 Å². The molecule has 0 aliphatic heterocycles. The number of hydrogen-bond acceptors (Lipinski definition) is 5. The lowest BCUT2D eigenvalue weighted by molar-refractivity contribution is 0.452. The van der Waals surface area contributed by atoms with Crippen molar-refractivity contribution in [2.45, 2.75) is 19.8 Å². The molecule has 0 aliphatic carbocycles. The van der Waals surface area contributed by atoms with Gasteiger partial charge in [-0.05, 0) is 18.6 Å². The summed E-state index contributed by atoms with van der Waals surface area (Å²) in [5.41, 5.74) is 1.35. The van der Waals surface area contributed by atoms with E-state index in [2.05, 4.69) is 17.2 Å². The Labute approximate surface area is 110 Å². The van der Waals surface area contributed by atoms with Gasteiger partial charge < -0.3 is 15.5 Å². The molecule has 0 spiro atoms. The Morgan fingerprint density at radius 2 is 2.17 bits per heavy atom. The summed E-state index contributed by atoms with van der Waals surface area (Å²) in [6.07, 6.45) is 2.25. The topological polar surface area (TPSA) is 65.4 Å². The van der Waals surface area contributed by atoms with Gasteiger partial charge in [0.1, 0.15) is 11.5 Å². The van der Waals surface area contributed by atoms with Crippen molar-refractivity contribution in [1.29, 1.82) is 0 Å². The minimum absolute atomic E-state index is 0.0420. The molecule has 1 heterocycles. The second-order valence-corrected chi connectivity index (χ2v) is 4.88. The summed E-state index contributed by atoms with van der Waals surface area (Å²) in [5.74, 6) is 0.0909. The maximum absolute atomic E-state index is 9.75. The van der Waals surface area contributed by atoms with Gasteiger partial charge in [-0.15, -0.1) is 11.3 Å². The highest BCUT2D eigenvalue weighted by atomic mass is 32.1. The van der Waals surface area contributed by atoms with Crippen LogP contribution in [0.4, 0.5) is 5.13 Å². The van der Waals surface area contributed by atoms with Crippen LogP contribution in [0.3, 0.4) is 0 Å². The zero-order valence-corrected chi connectivity index (χ0v) is 11.0. The molecule has 0 atom stereocenters. The second-order valence-electron chi connectivity index (χ2n) is 4.02. The monoisotopic (exact) mass is 264 g/mol. The van der Waals surface area contributed by atoms with Crippen molar-refractivity contribution in [3.63, 3.8) is 0 Å². The summed E-state index contributed by atoms with van der Waals surface area (Å²) in [7, 11) is 0. The van der Waals surface area contributed by atoms with Gasteiger partial charge in [-0.2, -0.15) is 0 Å². The third kappa shape index (κ3) is 2.92. The number of nitrogens with one attached hydrogen (secondary N) is 1. The fourth-order valence-corrected chi connectivity index (χ4v) is 2.33. The normalized spacial score (nSPS) is 10.5. The minimum Gasteiger partial charge on any atom is -0.508 e. The number of rotatable bonds is 5. The zero-order valence-electron chi connectivity index (χ0n) is 10.2. The smallest absolute Gasteiger partial charge is 0.183 e. The fourth-order valence-electron chi connectivity index (χ4n) is 1.59. The van der Waals surface area contributed by atoms with Crippen molar-refractivity contribution < 1.29 is 10.2 Å². The molecular weight excluding hydrogens is 248 g/mol. The van der Waals surface area contributed by atoms with Crippen molar-refractivity contribution in [1.82, 2.24) is 4.98 Å². The van der Waals surface area contributed by atoms with Crippen LogP contribution in [0.2, 0.25) is 0 Å². The molecule has 0 aliphatic rings. The Bertz CT molecular complexity index is 525. The summed E-state index contributed by atoms with van der Waals surface area (Å²) in [4.78, 5) is 4.41. The van der Waals surface area contributed by atoms with E-state index in [9.17, 15) is 10.2 Å². The maximum atomic E-state index is 9.75.